The summed E-state index contributed by atoms with van der Waals surface area (Å²) < 4.78 is 40.7. The van der Waals surface area contributed by atoms with Crippen LogP contribution in [0.2, 0.25) is 0 Å². The van der Waals surface area contributed by atoms with Crippen LogP contribution in [0.25, 0.3) is 22.3 Å². The van der Waals surface area contributed by atoms with E-state index in [2.05, 4.69) is 144 Å². The van der Waals surface area contributed by atoms with Gasteiger partial charge in [0.1, 0.15) is 6.54 Å². The molecule has 0 bridgehead atoms. The minimum absolute atomic E-state index is 0. The SMILES string of the molecule is CC1(C)C(/C=C/C=C/C=C/C=C2/N(CCCCSOO[O-])c3ccc(-c4ccccc4)cc3C2(C)C)=[N+](CCCCS(=O)(=O)[O-])c2ccc(-c3ccccc3)cc21.[K+]. The summed E-state index contributed by atoms with van der Waals surface area (Å²) in [4.78, 5) is 2.41. The summed E-state index contributed by atoms with van der Waals surface area (Å²) in [7, 11) is -4.26. The van der Waals surface area contributed by atoms with Crippen LogP contribution in [0, 0.1) is 0 Å². The first-order chi connectivity index (χ1) is 27.4. The molecule has 0 saturated carbocycles. The number of allylic oxidation sites excluding steroid dienone is 8. The van der Waals surface area contributed by atoms with Gasteiger partial charge in [-0.1, -0.05) is 111 Å². The zero-order chi connectivity index (χ0) is 40.5. The summed E-state index contributed by atoms with van der Waals surface area (Å²) in [6.45, 7) is 10.4. The van der Waals surface area contributed by atoms with Crippen molar-refractivity contribution in [3.63, 3.8) is 0 Å². The normalized spacial score (nSPS) is 16.5. The standard InChI is InChI=1S/C47H52N2O6S2.K/c1-46(2)40-34-38(36-20-10-8-11-21-36)26-28-42(40)48(30-16-18-32-56-55-54-50)44(46)24-14-6-5-7-15-25-45-47(3,4)41-35-39(37-22-12-9-13-23-37)27-29-43(41)49(45)31-17-19-33-57(51,52)53;/h5-15,20-29,34-35H,16-19,30-33H2,1-4H3,(H-,50,51,52,53);/q;+1/p-1. The Morgan fingerprint density at radius 3 is 2.00 bits per heavy atom. The summed E-state index contributed by atoms with van der Waals surface area (Å²) in [6, 6.07) is 34.1. The second-order valence-corrected chi connectivity index (χ2v) is 17.8. The van der Waals surface area contributed by atoms with Crippen LogP contribution >= 0.6 is 12.0 Å². The third-order valence-electron chi connectivity index (χ3n) is 10.9. The Bertz CT molecular complexity index is 2280. The van der Waals surface area contributed by atoms with Gasteiger partial charge in [0.15, 0.2) is 5.71 Å². The van der Waals surface area contributed by atoms with Gasteiger partial charge in [-0.2, -0.15) is 8.91 Å². The van der Waals surface area contributed by atoms with Gasteiger partial charge < -0.3 is 14.7 Å². The van der Waals surface area contributed by atoms with Gasteiger partial charge in [0.2, 0.25) is 5.69 Å². The number of benzene rings is 4. The molecule has 0 spiro atoms. The number of hydrogen-bond acceptors (Lipinski definition) is 8. The monoisotopic (exact) mass is 842 g/mol. The van der Waals surface area contributed by atoms with Crippen molar-refractivity contribution in [2.75, 3.05) is 29.5 Å². The summed E-state index contributed by atoms with van der Waals surface area (Å²) in [5.74, 6) is 0.307. The number of hydrogen-bond donors (Lipinski definition) is 0. The van der Waals surface area contributed by atoms with E-state index in [9.17, 15) is 18.2 Å². The molecule has 298 valence electrons. The van der Waals surface area contributed by atoms with Crippen LogP contribution in [0.1, 0.15) is 64.5 Å². The molecule has 58 heavy (non-hydrogen) atoms. The Morgan fingerprint density at radius 1 is 0.724 bits per heavy atom. The fourth-order valence-electron chi connectivity index (χ4n) is 7.97. The van der Waals surface area contributed by atoms with Crippen LogP contribution in [0.5, 0.6) is 0 Å². The first-order valence-electron chi connectivity index (χ1n) is 19.5. The van der Waals surface area contributed by atoms with Crippen LogP contribution in [0.4, 0.5) is 11.4 Å². The number of unbranched alkanes of at least 4 members (excludes halogenated alkanes) is 2. The van der Waals surface area contributed by atoms with Crippen molar-refractivity contribution in [1.82, 2.24) is 0 Å². The van der Waals surface area contributed by atoms with E-state index in [1.165, 1.54) is 33.6 Å². The Balaban J connectivity index is 0.00000641. The van der Waals surface area contributed by atoms with Crippen molar-refractivity contribution in [2.45, 2.75) is 64.2 Å². The van der Waals surface area contributed by atoms with Crippen molar-refractivity contribution in [2.24, 2.45) is 0 Å². The molecule has 0 radical (unpaired) electrons. The van der Waals surface area contributed by atoms with Gasteiger partial charge in [0.25, 0.3) is 0 Å². The van der Waals surface area contributed by atoms with Gasteiger partial charge in [0, 0.05) is 71.0 Å². The minimum atomic E-state index is -4.26. The molecular formula is C47H51KN2O6S2. The van der Waals surface area contributed by atoms with E-state index < -0.39 is 10.1 Å². The molecule has 11 heteroatoms. The molecule has 0 amide bonds. The molecule has 8 nitrogen and oxygen atoms in total. The molecular weight excluding hydrogens is 792 g/mol. The van der Waals surface area contributed by atoms with Gasteiger partial charge in [-0.05, 0) is 91.3 Å². The molecule has 0 atom stereocenters. The van der Waals surface area contributed by atoms with Gasteiger partial charge in [-0.3, -0.25) is 5.04 Å². The van der Waals surface area contributed by atoms with Crippen LogP contribution in [0.15, 0.2) is 145 Å². The van der Waals surface area contributed by atoms with Crippen molar-refractivity contribution in [3.05, 3.63) is 156 Å². The third kappa shape index (κ3) is 11.3. The predicted molar refractivity (Wildman–Crippen MR) is 230 cm³/mol. The summed E-state index contributed by atoms with van der Waals surface area (Å²) in [5.41, 5.74) is 11.3. The van der Waals surface area contributed by atoms with Crippen LogP contribution in [-0.2, 0) is 30.3 Å². The van der Waals surface area contributed by atoms with E-state index in [1.54, 1.807) is 0 Å². The number of nitrogens with zero attached hydrogens (tertiary/aromatic N) is 2. The van der Waals surface area contributed by atoms with Crippen molar-refractivity contribution in [1.29, 1.82) is 0 Å². The molecule has 4 aromatic carbocycles. The van der Waals surface area contributed by atoms with Crippen LogP contribution < -0.4 is 61.5 Å². The molecule has 0 unspecified atom stereocenters. The van der Waals surface area contributed by atoms with Gasteiger partial charge >= 0.3 is 51.4 Å². The van der Waals surface area contributed by atoms with E-state index in [-0.39, 0.29) is 68.0 Å². The number of rotatable bonds is 18. The van der Waals surface area contributed by atoms with Crippen molar-refractivity contribution >= 4 is 39.2 Å². The molecule has 0 N–H and O–H groups in total. The van der Waals surface area contributed by atoms with Gasteiger partial charge in [0.05, 0.1) is 15.5 Å². The summed E-state index contributed by atoms with van der Waals surface area (Å²) in [6.07, 6.45) is 17.3. The van der Waals surface area contributed by atoms with E-state index in [1.807, 2.05) is 42.5 Å². The number of anilines is 1. The number of fused-ring (bicyclic) bond motifs is 2. The molecule has 0 saturated heterocycles. The molecule has 2 aliphatic rings. The van der Waals surface area contributed by atoms with Crippen LogP contribution in [-0.4, -0.2) is 47.9 Å². The fourth-order valence-corrected chi connectivity index (χ4v) is 8.96. The maximum Gasteiger partial charge on any atom is 1.00 e. The molecule has 2 heterocycles. The van der Waals surface area contributed by atoms with Crippen LogP contribution in [0.3, 0.4) is 0 Å². The largest absolute Gasteiger partial charge is 1.00 e. The second-order valence-electron chi connectivity index (χ2n) is 15.4. The quantitative estimate of drug-likeness (QED) is 0.0159. The third-order valence-corrected chi connectivity index (χ3v) is 12.3. The van der Waals surface area contributed by atoms with Gasteiger partial charge in [-0.15, -0.1) is 0 Å². The first-order valence-corrected chi connectivity index (χ1v) is 22.0. The van der Waals surface area contributed by atoms with Crippen molar-refractivity contribution < 1.29 is 83.6 Å². The van der Waals surface area contributed by atoms with Gasteiger partial charge in [-0.25, -0.2) is 8.42 Å². The smallest absolute Gasteiger partial charge is 0.748 e. The van der Waals surface area contributed by atoms with Crippen molar-refractivity contribution in [3.8, 4) is 22.3 Å². The molecule has 0 aromatic heterocycles. The molecule has 0 fully saturated rings. The summed E-state index contributed by atoms with van der Waals surface area (Å²) in [5, 5.41) is 13.7. The van der Waals surface area contributed by atoms with E-state index in [4.69, 9.17) is 0 Å². The Kier molecular flexibility index (Phi) is 16.8. The molecule has 2 aliphatic heterocycles. The first kappa shape index (κ1) is 46.2. The Labute approximate surface area is 391 Å². The summed E-state index contributed by atoms with van der Waals surface area (Å²) >= 11 is 1.03. The average Bonchev–Trinajstić information content (AvgIpc) is 3.54. The zero-order valence-electron chi connectivity index (χ0n) is 34.1. The molecule has 0 aliphatic carbocycles. The Morgan fingerprint density at radius 2 is 1.34 bits per heavy atom. The molecule has 6 rings (SSSR count). The zero-order valence-corrected chi connectivity index (χ0v) is 38.9. The maximum atomic E-state index is 11.3. The van der Waals surface area contributed by atoms with E-state index in [0.29, 0.717) is 25.1 Å². The van der Waals surface area contributed by atoms with E-state index >= 15 is 0 Å². The minimum Gasteiger partial charge on any atom is -0.748 e. The average molecular weight is 843 g/mol. The second kappa shape index (κ2) is 21.1. The molecule has 4 aromatic rings. The fraction of sp³-hybridized carbons (Fsp3) is 0.298. The predicted octanol–water partition coefficient (Wildman–Crippen LogP) is 6.73. The topological polar surface area (TPSA) is 105 Å². The Hall–Kier alpha value is -2.91. The maximum absolute atomic E-state index is 11.3. The van der Waals surface area contributed by atoms with E-state index in [0.717, 1.165) is 54.0 Å².